The minimum atomic E-state index is 0.0846. The first-order valence-electron chi connectivity index (χ1n) is 3.87. The quantitative estimate of drug-likeness (QED) is 0.679. The summed E-state index contributed by atoms with van der Waals surface area (Å²) in [6.45, 7) is 4.34. The van der Waals surface area contributed by atoms with Crippen molar-refractivity contribution in [3.05, 3.63) is 24.0 Å². The molecule has 0 aromatic carbocycles. The zero-order valence-electron chi connectivity index (χ0n) is 7.68. The first-order chi connectivity index (χ1) is 5.06. The highest BCUT2D eigenvalue weighted by atomic mass is 14.9. The average molecular weight is 152 g/mol. The van der Waals surface area contributed by atoms with Crippen molar-refractivity contribution in [3.8, 4) is 0 Å². The van der Waals surface area contributed by atoms with Gasteiger partial charge in [0, 0.05) is 25.0 Å². The van der Waals surface area contributed by atoms with Gasteiger partial charge in [-0.2, -0.15) is 0 Å². The molecule has 0 amide bonds. The summed E-state index contributed by atoms with van der Waals surface area (Å²) in [4.78, 5) is 0. The van der Waals surface area contributed by atoms with Crippen LogP contribution >= 0.6 is 0 Å². The van der Waals surface area contributed by atoms with Crippen LogP contribution in [0.15, 0.2) is 18.5 Å². The molecule has 0 spiro atoms. The van der Waals surface area contributed by atoms with Gasteiger partial charge in [0.25, 0.3) is 0 Å². The second kappa shape index (κ2) is 2.70. The van der Waals surface area contributed by atoms with Crippen molar-refractivity contribution < 1.29 is 0 Å². The van der Waals surface area contributed by atoms with E-state index in [1.807, 2.05) is 14.1 Å². The summed E-state index contributed by atoms with van der Waals surface area (Å²) in [7, 11) is 4.02. The number of aryl methyl sites for hydroxylation is 1. The molecule has 0 unspecified atom stereocenters. The molecule has 0 saturated heterocycles. The number of nitrogens with zero attached hydrogens (tertiary/aromatic N) is 1. The average Bonchev–Trinajstić information content (AvgIpc) is 2.36. The highest BCUT2D eigenvalue weighted by molar-refractivity contribution is 5.19. The Balaban J connectivity index is 2.92. The molecule has 0 aliphatic carbocycles. The number of aromatic nitrogens is 1. The molecule has 2 nitrogen and oxygen atoms in total. The zero-order valence-corrected chi connectivity index (χ0v) is 7.68. The number of hydrogen-bond donors (Lipinski definition) is 1. The largest absolute Gasteiger partial charge is 0.357 e. The van der Waals surface area contributed by atoms with Gasteiger partial charge in [0.05, 0.1) is 0 Å². The Morgan fingerprint density at radius 3 is 2.45 bits per heavy atom. The van der Waals surface area contributed by atoms with Crippen molar-refractivity contribution in [3.63, 3.8) is 0 Å². The maximum absolute atomic E-state index is 3.26. The minimum Gasteiger partial charge on any atom is -0.357 e. The van der Waals surface area contributed by atoms with Gasteiger partial charge >= 0.3 is 0 Å². The van der Waals surface area contributed by atoms with Crippen molar-refractivity contribution in [1.82, 2.24) is 9.88 Å². The maximum atomic E-state index is 3.26. The summed E-state index contributed by atoms with van der Waals surface area (Å²) >= 11 is 0. The second-order valence-corrected chi connectivity index (χ2v) is 3.44. The predicted molar refractivity (Wildman–Crippen MR) is 47.5 cm³/mol. The topological polar surface area (TPSA) is 17.0 Å². The van der Waals surface area contributed by atoms with Gasteiger partial charge in [0.15, 0.2) is 0 Å². The molecular formula is C9H16N2. The molecular weight excluding hydrogens is 136 g/mol. The Labute approximate surface area is 68.2 Å². The van der Waals surface area contributed by atoms with E-state index >= 15 is 0 Å². The van der Waals surface area contributed by atoms with Crippen LogP contribution in [-0.4, -0.2) is 11.6 Å². The Hall–Kier alpha value is -0.760. The molecule has 0 saturated carbocycles. The van der Waals surface area contributed by atoms with Gasteiger partial charge in [-0.3, -0.25) is 0 Å². The van der Waals surface area contributed by atoms with Crippen LogP contribution in [-0.2, 0) is 12.6 Å². The third kappa shape index (κ3) is 1.63. The zero-order chi connectivity index (χ0) is 8.48. The highest BCUT2D eigenvalue weighted by Gasteiger charge is 2.17. The molecule has 62 valence electrons. The standard InChI is InChI=1S/C9H16N2/c1-9(2,10-3)8-5-6-11(4)7-8/h5-7,10H,1-4H3. The SMILES string of the molecule is CNC(C)(C)c1ccn(C)c1. The van der Waals surface area contributed by atoms with Crippen molar-refractivity contribution in [2.24, 2.45) is 7.05 Å². The van der Waals surface area contributed by atoms with E-state index in [0.717, 1.165) is 0 Å². The van der Waals surface area contributed by atoms with Gasteiger partial charge in [0.2, 0.25) is 0 Å². The molecule has 2 heteroatoms. The molecule has 1 aromatic rings. The van der Waals surface area contributed by atoms with E-state index < -0.39 is 0 Å². The van der Waals surface area contributed by atoms with Crippen molar-refractivity contribution in [1.29, 1.82) is 0 Å². The Bertz CT molecular complexity index is 235. The van der Waals surface area contributed by atoms with Crippen LogP contribution in [0.1, 0.15) is 19.4 Å². The number of hydrogen-bond acceptors (Lipinski definition) is 1. The van der Waals surface area contributed by atoms with Gasteiger partial charge in [-0.05, 0) is 32.5 Å². The molecule has 0 atom stereocenters. The van der Waals surface area contributed by atoms with Crippen LogP contribution in [0.3, 0.4) is 0 Å². The fourth-order valence-corrected chi connectivity index (χ4v) is 1.02. The fourth-order valence-electron chi connectivity index (χ4n) is 1.02. The first-order valence-corrected chi connectivity index (χ1v) is 3.87. The van der Waals surface area contributed by atoms with E-state index in [1.54, 1.807) is 0 Å². The molecule has 1 N–H and O–H groups in total. The molecule has 11 heavy (non-hydrogen) atoms. The van der Waals surface area contributed by atoms with E-state index in [-0.39, 0.29) is 5.54 Å². The lowest BCUT2D eigenvalue weighted by Crippen LogP contribution is -2.32. The van der Waals surface area contributed by atoms with Crippen molar-refractivity contribution >= 4 is 0 Å². The lowest BCUT2D eigenvalue weighted by Gasteiger charge is -2.22. The molecule has 0 aliphatic rings. The Morgan fingerprint density at radius 1 is 1.45 bits per heavy atom. The molecule has 1 aromatic heterocycles. The van der Waals surface area contributed by atoms with Gasteiger partial charge in [-0.25, -0.2) is 0 Å². The van der Waals surface area contributed by atoms with Gasteiger partial charge in [-0.1, -0.05) is 0 Å². The van der Waals surface area contributed by atoms with Crippen LogP contribution < -0.4 is 5.32 Å². The summed E-state index contributed by atoms with van der Waals surface area (Å²) in [6, 6.07) is 2.14. The minimum absolute atomic E-state index is 0.0846. The van der Waals surface area contributed by atoms with Crippen LogP contribution in [0.4, 0.5) is 0 Å². The third-order valence-electron chi connectivity index (χ3n) is 2.18. The van der Waals surface area contributed by atoms with E-state index in [0.29, 0.717) is 0 Å². The first kappa shape index (κ1) is 8.34. The Morgan fingerprint density at radius 2 is 2.09 bits per heavy atom. The van der Waals surface area contributed by atoms with Crippen molar-refractivity contribution in [2.45, 2.75) is 19.4 Å². The molecule has 0 aliphatic heterocycles. The summed E-state index contributed by atoms with van der Waals surface area (Å²) in [5.41, 5.74) is 1.41. The molecule has 1 rings (SSSR count). The predicted octanol–water partition coefficient (Wildman–Crippen LogP) is 1.48. The van der Waals surface area contributed by atoms with Crippen LogP contribution in [0.5, 0.6) is 0 Å². The van der Waals surface area contributed by atoms with E-state index in [9.17, 15) is 0 Å². The molecule has 0 bridgehead atoms. The van der Waals surface area contributed by atoms with E-state index in [1.165, 1.54) is 5.56 Å². The fraction of sp³-hybridized carbons (Fsp3) is 0.556. The van der Waals surface area contributed by atoms with Gasteiger partial charge < -0.3 is 9.88 Å². The Kier molecular flexibility index (Phi) is 2.05. The number of nitrogens with one attached hydrogen (secondary N) is 1. The summed E-state index contributed by atoms with van der Waals surface area (Å²) in [5, 5.41) is 3.26. The second-order valence-electron chi connectivity index (χ2n) is 3.44. The van der Waals surface area contributed by atoms with Crippen molar-refractivity contribution in [2.75, 3.05) is 7.05 Å². The van der Waals surface area contributed by atoms with E-state index in [2.05, 4.69) is 42.2 Å². The summed E-state index contributed by atoms with van der Waals surface area (Å²) in [6.07, 6.45) is 4.20. The van der Waals surface area contributed by atoms with Gasteiger partial charge in [0.1, 0.15) is 0 Å². The third-order valence-corrected chi connectivity index (χ3v) is 2.18. The molecule has 0 fully saturated rings. The normalized spacial score (nSPS) is 12.0. The van der Waals surface area contributed by atoms with Crippen LogP contribution in [0, 0.1) is 0 Å². The lowest BCUT2D eigenvalue weighted by atomic mass is 9.98. The molecule has 1 heterocycles. The highest BCUT2D eigenvalue weighted by Crippen LogP contribution is 2.18. The van der Waals surface area contributed by atoms with Gasteiger partial charge in [-0.15, -0.1) is 0 Å². The monoisotopic (exact) mass is 152 g/mol. The summed E-state index contributed by atoms with van der Waals surface area (Å²) in [5.74, 6) is 0. The van der Waals surface area contributed by atoms with Crippen LogP contribution in [0.25, 0.3) is 0 Å². The number of rotatable bonds is 2. The van der Waals surface area contributed by atoms with Crippen LogP contribution in [0.2, 0.25) is 0 Å². The lowest BCUT2D eigenvalue weighted by molar-refractivity contribution is 0.444. The van der Waals surface area contributed by atoms with E-state index in [4.69, 9.17) is 0 Å². The maximum Gasteiger partial charge on any atom is 0.0390 e. The summed E-state index contributed by atoms with van der Waals surface area (Å²) < 4.78 is 2.06. The smallest absolute Gasteiger partial charge is 0.0390 e. The molecule has 0 radical (unpaired) electrons.